The van der Waals surface area contributed by atoms with Gasteiger partial charge in [-0.05, 0) is 30.5 Å². The minimum Gasteiger partial charge on any atom is -0.348 e. The van der Waals surface area contributed by atoms with Crippen molar-refractivity contribution in [2.24, 2.45) is 0 Å². The Kier molecular flexibility index (Phi) is 4.84. The fourth-order valence-electron chi connectivity index (χ4n) is 5.54. The number of carbonyl (C=O) groups is 3. The highest BCUT2D eigenvalue weighted by Gasteiger charge is 2.56. The molecule has 3 heterocycles. The van der Waals surface area contributed by atoms with Crippen molar-refractivity contribution in [1.82, 2.24) is 19.3 Å². The largest absolute Gasteiger partial charge is 0.348 e. The first-order valence-electron chi connectivity index (χ1n) is 11.1. The van der Waals surface area contributed by atoms with E-state index in [1.165, 1.54) is 4.90 Å². The van der Waals surface area contributed by atoms with E-state index in [-0.39, 0.29) is 30.4 Å². The van der Waals surface area contributed by atoms with Gasteiger partial charge in [-0.3, -0.25) is 14.5 Å². The number of benzene rings is 1. The topological polar surface area (TPSA) is 65.9 Å². The number of fused-ring (bicyclic) bond motifs is 1. The lowest BCUT2D eigenvalue weighted by Crippen LogP contribution is -2.50. The molecule has 7 heteroatoms. The lowest BCUT2D eigenvalue weighted by molar-refractivity contribution is -0.141. The van der Waals surface area contributed by atoms with Crippen LogP contribution in [0.25, 0.3) is 0 Å². The Morgan fingerprint density at radius 3 is 2.48 bits per heavy atom. The van der Waals surface area contributed by atoms with Crippen molar-refractivity contribution in [1.29, 1.82) is 0 Å². The summed E-state index contributed by atoms with van der Waals surface area (Å²) in [5, 5.41) is 0. The maximum absolute atomic E-state index is 13.5. The first-order valence-corrected chi connectivity index (χ1v) is 11.1. The summed E-state index contributed by atoms with van der Waals surface area (Å²) in [6.07, 6.45) is 6.35. The molecule has 5 rings (SSSR count). The van der Waals surface area contributed by atoms with E-state index in [1.807, 2.05) is 53.6 Å². The Morgan fingerprint density at radius 1 is 1.00 bits per heavy atom. The van der Waals surface area contributed by atoms with Gasteiger partial charge in [0.15, 0.2) is 0 Å². The number of rotatable bonds is 3. The van der Waals surface area contributed by atoms with Gasteiger partial charge in [-0.25, -0.2) is 4.79 Å². The summed E-state index contributed by atoms with van der Waals surface area (Å²) in [4.78, 5) is 44.4. The molecule has 1 aromatic heterocycles. The second kappa shape index (κ2) is 7.55. The summed E-state index contributed by atoms with van der Waals surface area (Å²) in [7, 11) is 1.70. The third kappa shape index (κ3) is 3.06. The van der Waals surface area contributed by atoms with Crippen LogP contribution >= 0.6 is 0 Å². The smallest absolute Gasteiger partial charge is 0.327 e. The van der Waals surface area contributed by atoms with E-state index >= 15 is 0 Å². The minimum absolute atomic E-state index is 0.190. The molecule has 1 unspecified atom stereocenters. The SMILES string of the molecule is CN1C(=O)N(CC(=O)N2CCn3cccc3C2c2ccccc2)C(=O)C12CCCCC2. The van der Waals surface area contributed by atoms with Gasteiger partial charge in [0.25, 0.3) is 5.91 Å². The molecule has 1 aliphatic carbocycles. The van der Waals surface area contributed by atoms with Crippen molar-refractivity contribution in [3.05, 3.63) is 59.9 Å². The van der Waals surface area contributed by atoms with Gasteiger partial charge in [-0.15, -0.1) is 0 Å². The summed E-state index contributed by atoms with van der Waals surface area (Å²) in [5.41, 5.74) is 1.31. The molecule has 162 valence electrons. The molecule has 4 amide bonds. The lowest BCUT2D eigenvalue weighted by Gasteiger charge is -2.38. The number of amides is 4. The van der Waals surface area contributed by atoms with Crippen LogP contribution in [0, 0.1) is 0 Å². The van der Waals surface area contributed by atoms with Gasteiger partial charge in [0, 0.05) is 32.0 Å². The number of carbonyl (C=O) groups excluding carboxylic acids is 3. The van der Waals surface area contributed by atoms with E-state index in [9.17, 15) is 14.4 Å². The zero-order valence-electron chi connectivity index (χ0n) is 17.9. The molecule has 0 bridgehead atoms. The van der Waals surface area contributed by atoms with Crippen LogP contribution in [0.3, 0.4) is 0 Å². The van der Waals surface area contributed by atoms with Gasteiger partial charge in [-0.2, -0.15) is 0 Å². The Balaban J connectivity index is 1.42. The average Bonchev–Trinajstić information content (AvgIpc) is 3.35. The van der Waals surface area contributed by atoms with Crippen molar-refractivity contribution in [2.75, 3.05) is 20.1 Å². The number of hydrogen-bond donors (Lipinski definition) is 0. The number of hydrogen-bond acceptors (Lipinski definition) is 3. The maximum Gasteiger partial charge on any atom is 0.327 e. The van der Waals surface area contributed by atoms with Crippen LogP contribution in [-0.4, -0.2) is 62.8 Å². The van der Waals surface area contributed by atoms with Gasteiger partial charge in [0.05, 0.1) is 6.04 Å². The molecule has 1 aromatic carbocycles. The Labute approximate surface area is 182 Å². The lowest BCUT2D eigenvalue weighted by atomic mass is 9.81. The normalized spacial score (nSPS) is 22.9. The van der Waals surface area contributed by atoms with Gasteiger partial charge in [0.1, 0.15) is 12.1 Å². The first kappa shape index (κ1) is 19.8. The van der Waals surface area contributed by atoms with E-state index in [0.717, 1.165) is 30.5 Å². The molecular formula is C24H28N4O3. The van der Waals surface area contributed by atoms with Crippen molar-refractivity contribution < 1.29 is 14.4 Å². The number of likely N-dealkylation sites (N-methyl/N-ethyl adjacent to an activating group) is 1. The summed E-state index contributed by atoms with van der Waals surface area (Å²) in [5.74, 6) is -0.394. The number of nitrogens with zero attached hydrogens (tertiary/aromatic N) is 4. The van der Waals surface area contributed by atoms with Crippen LogP contribution in [0.4, 0.5) is 4.79 Å². The van der Waals surface area contributed by atoms with Crippen LogP contribution in [0.15, 0.2) is 48.7 Å². The van der Waals surface area contributed by atoms with E-state index in [4.69, 9.17) is 0 Å². The van der Waals surface area contributed by atoms with Crippen LogP contribution in [0.5, 0.6) is 0 Å². The molecule has 1 atom stereocenters. The van der Waals surface area contributed by atoms with Crippen molar-refractivity contribution >= 4 is 17.8 Å². The van der Waals surface area contributed by atoms with Crippen LogP contribution in [0.2, 0.25) is 0 Å². The number of urea groups is 1. The molecule has 2 aromatic rings. The predicted molar refractivity (Wildman–Crippen MR) is 115 cm³/mol. The van der Waals surface area contributed by atoms with Crippen molar-refractivity contribution in [3.63, 3.8) is 0 Å². The third-order valence-electron chi connectivity index (χ3n) is 7.25. The highest BCUT2D eigenvalue weighted by molar-refractivity contribution is 6.09. The molecule has 2 aliphatic heterocycles. The van der Waals surface area contributed by atoms with E-state index < -0.39 is 5.54 Å². The maximum atomic E-state index is 13.5. The van der Waals surface area contributed by atoms with Gasteiger partial charge < -0.3 is 14.4 Å². The van der Waals surface area contributed by atoms with Crippen molar-refractivity contribution in [2.45, 2.75) is 50.2 Å². The predicted octanol–water partition coefficient (Wildman–Crippen LogP) is 3.02. The van der Waals surface area contributed by atoms with Gasteiger partial charge in [0.2, 0.25) is 5.91 Å². The third-order valence-corrected chi connectivity index (χ3v) is 7.25. The van der Waals surface area contributed by atoms with E-state index in [2.05, 4.69) is 4.57 Å². The van der Waals surface area contributed by atoms with Crippen LogP contribution in [-0.2, 0) is 16.1 Å². The molecule has 1 spiro atoms. The molecular weight excluding hydrogens is 392 g/mol. The molecule has 7 nitrogen and oxygen atoms in total. The highest BCUT2D eigenvalue weighted by atomic mass is 16.2. The Morgan fingerprint density at radius 2 is 1.74 bits per heavy atom. The second-order valence-electron chi connectivity index (χ2n) is 8.85. The molecule has 0 radical (unpaired) electrons. The quantitative estimate of drug-likeness (QED) is 0.717. The molecule has 3 aliphatic rings. The summed E-state index contributed by atoms with van der Waals surface area (Å²) < 4.78 is 2.17. The average molecular weight is 421 g/mol. The van der Waals surface area contributed by atoms with E-state index in [0.29, 0.717) is 25.9 Å². The Hall–Kier alpha value is -3.09. The molecule has 1 saturated heterocycles. The summed E-state index contributed by atoms with van der Waals surface area (Å²) >= 11 is 0. The number of aromatic nitrogens is 1. The summed E-state index contributed by atoms with van der Waals surface area (Å²) in [6.45, 7) is 1.04. The summed E-state index contributed by atoms with van der Waals surface area (Å²) in [6, 6.07) is 13.4. The van der Waals surface area contributed by atoms with Crippen LogP contribution < -0.4 is 0 Å². The van der Waals surface area contributed by atoms with Gasteiger partial charge >= 0.3 is 6.03 Å². The fourth-order valence-corrected chi connectivity index (χ4v) is 5.54. The standard InChI is InChI=1S/C24H28N4O3/c1-25-23(31)28(22(30)24(25)12-6-3-7-13-24)17-20(29)27-16-15-26-14-8-11-19(26)21(27)18-9-4-2-5-10-18/h2,4-5,8-11,14,21H,3,6-7,12-13,15-17H2,1H3. The van der Waals surface area contributed by atoms with Crippen LogP contribution in [0.1, 0.15) is 49.4 Å². The number of imide groups is 1. The zero-order valence-corrected chi connectivity index (χ0v) is 17.9. The van der Waals surface area contributed by atoms with Gasteiger partial charge in [-0.1, -0.05) is 49.6 Å². The van der Waals surface area contributed by atoms with E-state index in [1.54, 1.807) is 11.9 Å². The minimum atomic E-state index is -0.759. The molecule has 31 heavy (non-hydrogen) atoms. The monoisotopic (exact) mass is 420 g/mol. The molecule has 2 fully saturated rings. The highest BCUT2D eigenvalue weighted by Crippen LogP contribution is 2.40. The zero-order chi connectivity index (χ0) is 21.6. The van der Waals surface area contributed by atoms with Crippen molar-refractivity contribution in [3.8, 4) is 0 Å². The molecule has 1 saturated carbocycles. The fraction of sp³-hybridized carbons (Fsp3) is 0.458. The first-order chi connectivity index (χ1) is 15.0. The molecule has 0 N–H and O–H groups in total. The second-order valence-corrected chi connectivity index (χ2v) is 8.85. The Bertz CT molecular complexity index is 1010.